The lowest BCUT2D eigenvalue weighted by molar-refractivity contribution is 1.05. The molecule has 0 atom stereocenters. The number of halogens is 2. The molecule has 0 spiro atoms. The molecule has 4 N–H and O–H groups in total. The number of rotatable bonds is 3. The summed E-state index contributed by atoms with van der Waals surface area (Å²) in [5.74, 6) is 7.05. The summed E-state index contributed by atoms with van der Waals surface area (Å²) in [5, 5.41) is 4.18. The molecule has 94 valence electrons. The van der Waals surface area contributed by atoms with Crippen molar-refractivity contribution in [1.29, 1.82) is 0 Å². The molecule has 2 aromatic rings. The zero-order valence-corrected chi connectivity index (χ0v) is 11.0. The Kier molecular flexibility index (Phi) is 3.86. The first-order valence-electron chi connectivity index (χ1n) is 5.12. The summed E-state index contributed by atoms with van der Waals surface area (Å²) in [7, 11) is 0. The van der Waals surface area contributed by atoms with E-state index >= 15 is 0 Å². The van der Waals surface area contributed by atoms with Gasteiger partial charge in [-0.25, -0.2) is 15.8 Å². The second kappa shape index (κ2) is 5.39. The molecule has 0 radical (unpaired) electrons. The van der Waals surface area contributed by atoms with Gasteiger partial charge >= 0.3 is 0 Å². The van der Waals surface area contributed by atoms with Gasteiger partial charge in [-0.1, -0.05) is 23.2 Å². The van der Waals surface area contributed by atoms with Crippen molar-refractivity contribution in [3.05, 3.63) is 40.1 Å². The summed E-state index contributed by atoms with van der Waals surface area (Å²) in [4.78, 5) is 8.32. The largest absolute Gasteiger partial charge is 0.340 e. The maximum absolute atomic E-state index is 5.92. The van der Waals surface area contributed by atoms with E-state index in [0.717, 1.165) is 5.69 Å². The fourth-order valence-corrected chi connectivity index (χ4v) is 2.01. The molecule has 1 aromatic heterocycles. The molecule has 0 fully saturated rings. The van der Waals surface area contributed by atoms with Crippen LogP contribution in [0.5, 0.6) is 0 Å². The third-order valence-corrected chi connectivity index (χ3v) is 2.56. The van der Waals surface area contributed by atoms with Crippen molar-refractivity contribution in [2.24, 2.45) is 5.84 Å². The standard InChI is InChI=1S/C11H11Cl2N5/c1-6-15-10(5-11(16-6)18-14)17-9-3-7(12)2-8(13)4-9/h2-5H,14H2,1H3,(H2,15,16,17,18). The normalized spacial score (nSPS) is 10.2. The minimum Gasteiger partial charge on any atom is -0.340 e. The first kappa shape index (κ1) is 12.9. The van der Waals surface area contributed by atoms with Gasteiger partial charge in [-0.05, 0) is 25.1 Å². The van der Waals surface area contributed by atoms with E-state index in [9.17, 15) is 0 Å². The molecule has 0 aliphatic carbocycles. The smallest absolute Gasteiger partial charge is 0.145 e. The lowest BCUT2D eigenvalue weighted by Gasteiger charge is -2.09. The van der Waals surface area contributed by atoms with E-state index in [1.165, 1.54) is 0 Å². The van der Waals surface area contributed by atoms with Crippen LogP contribution in [-0.4, -0.2) is 9.97 Å². The Hall–Kier alpha value is -1.56. The van der Waals surface area contributed by atoms with Crippen LogP contribution in [0.3, 0.4) is 0 Å². The number of hydrogen-bond acceptors (Lipinski definition) is 5. The topological polar surface area (TPSA) is 75.9 Å². The first-order chi connectivity index (χ1) is 8.56. The summed E-state index contributed by atoms with van der Waals surface area (Å²) in [5.41, 5.74) is 3.22. The predicted molar refractivity (Wildman–Crippen MR) is 74.3 cm³/mol. The maximum atomic E-state index is 5.92. The molecule has 0 aliphatic heterocycles. The fraction of sp³-hybridized carbons (Fsp3) is 0.0909. The summed E-state index contributed by atoms with van der Waals surface area (Å²) >= 11 is 11.8. The lowest BCUT2D eigenvalue weighted by Crippen LogP contribution is -2.10. The molecule has 0 bridgehead atoms. The van der Waals surface area contributed by atoms with Gasteiger partial charge in [0.25, 0.3) is 0 Å². The Morgan fingerprint density at radius 2 is 1.61 bits per heavy atom. The number of nitrogens with two attached hydrogens (primary N) is 1. The molecule has 0 unspecified atom stereocenters. The van der Waals surface area contributed by atoms with E-state index in [1.807, 2.05) is 0 Å². The molecule has 0 saturated heterocycles. The highest BCUT2D eigenvalue weighted by atomic mass is 35.5. The third kappa shape index (κ3) is 3.22. The van der Waals surface area contributed by atoms with Crippen molar-refractivity contribution in [1.82, 2.24) is 9.97 Å². The van der Waals surface area contributed by atoms with Crippen LogP contribution < -0.4 is 16.6 Å². The van der Waals surface area contributed by atoms with Crippen LogP contribution in [0, 0.1) is 6.92 Å². The number of aromatic nitrogens is 2. The minimum absolute atomic E-state index is 0.526. The average molecular weight is 284 g/mol. The van der Waals surface area contributed by atoms with Crippen LogP contribution in [0.2, 0.25) is 10.0 Å². The number of nitrogen functional groups attached to an aromatic ring is 1. The summed E-state index contributed by atoms with van der Waals surface area (Å²) in [6.45, 7) is 1.77. The maximum Gasteiger partial charge on any atom is 0.145 e. The molecule has 0 saturated carbocycles. The van der Waals surface area contributed by atoms with Gasteiger partial charge in [-0.3, -0.25) is 0 Å². The molecule has 18 heavy (non-hydrogen) atoms. The number of anilines is 3. The first-order valence-corrected chi connectivity index (χ1v) is 5.88. The highest BCUT2D eigenvalue weighted by Crippen LogP contribution is 2.25. The average Bonchev–Trinajstić information content (AvgIpc) is 2.26. The number of hydrogen-bond donors (Lipinski definition) is 3. The van der Waals surface area contributed by atoms with Gasteiger partial charge in [-0.2, -0.15) is 0 Å². The number of nitrogens with zero attached hydrogens (tertiary/aromatic N) is 2. The van der Waals surface area contributed by atoms with Crippen molar-refractivity contribution in [3.63, 3.8) is 0 Å². The number of hydrazine groups is 1. The highest BCUT2D eigenvalue weighted by molar-refractivity contribution is 6.35. The van der Waals surface area contributed by atoms with Crippen molar-refractivity contribution < 1.29 is 0 Å². The van der Waals surface area contributed by atoms with Crippen molar-refractivity contribution in [2.75, 3.05) is 10.7 Å². The molecular weight excluding hydrogens is 273 g/mol. The van der Waals surface area contributed by atoms with Crippen molar-refractivity contribution in [3.8, 4) is 0 Å². The van der Waals surface area contributed by atoms with E-state index < -0.39 is 0 Å². The Bertz CT molecular complexity index is 553. The summed E-state index contributed by atoms with van der Waals surface area (Å²) in [6.07, 6.45) is 0. The molecular formula is C11H11Cl2N5. The van der Waals surface area contributed by atoms with Gasteiger partial charge in [0.1, 0.15) is 17.5 Å². The quantitative estimate of drug-likeness (QED) is 0.596. The minimum atomic E-state index is 0.526. The van der Waals surface area contributed by atoms with E-state index in [1.54, 1.807) is 31.2 Å². The Morgan fingerprint density at radius 1 is 1.00 bits per heavy atom. The van der Waals surface area contributed by atoms with Crippen molar-refractivity contribution in [2.45, 2.75) is 6.92 Å². The van der Waals surface area contributed by atoms with E-state index in [-0.39, 0.29) is 0 Å². The summed E-state index contributed by atoms with van der Waals surface area (Å²) in [6, 6.07) is 6.84. The van der Waals surface area contributed by atoms with Gasteiger partial charge in [0.2, 0.25) is 0 Å². The highest BCUT2D eigenvalue weighted by Gasteiger charge is 2.03. The van der Waals surface area contributed by atoms with E-state index in [4.69, 9.17) is 29.0 Å². The van der Waals surface area contributed by atoms with Crippen LogP contribution in [0.15, 0.2) is 24.3 Å². The Labute approximate surface area is 114 Å². The zero-order valence-electron chi connectivity index (χ0n) is 9.54. The molecule has 7 heteroatoms. The molecule has 5 nitrogen and oxygen atoms in total. The number of aryl methyl sites for hydroxylation is 1. The van der Waals surface area contributed by atoms with Crippen LogP contribution >= 0.6 is 23.2 Å². The van der Waals surface area contributed by atoms with Gasteiger partial charge in [-0.15, -0.1) is 0 Å². The van der Waals surface area contributed by atoms with E-state index in [0.29, 0.717) is 27.5 Å². The SMILES string of the molecule is Cc1nc(NN)cc(Nc2cc(Cl)cc(Cl)c2)n1. The van der Waals surface area contributed by atoms with Crippen molar-refractivity contribution >= 4 is 40.5 Å². The monoisotopic (exact) mass is 283 g/mol. The predicted octanol–water partition coefficient (Wildman–Crippen LogP) is 3.12. The third-order valence-electron chi connectivity index (χ3n) is 2.12. The second-order valence-corrected chi connectivity index (χ2v) is 4.49. The number of benzene rings is 1. The second-order valence-electron chi connectivity index (χ2n) is 3.61. The van der Waals surface area contributed by atoms with Crippen LogP contribution in [0.4, 0.5) is 17.3 Å². The summed E-state index contributed by atoms with van der Waals surface area (Å²) < 4.78 is 0. The fourth-order valence-electron chi connectivity index (χ4n) is 1.48. The van der Waals surface area contributed by atoms with Crippen LogP contribution in [-0.2, 0) is 0 Å². The number of nitrogens with one attached hydrogen (secondary N) is 2. The van der Waals surface area contributed by atoms with Gasteiger partial charge < -0.3 is 10.7 Å². The van der Waals surface area contributed by atoms with E-state index in [2.05, 4.69) is 20.7 Å². The zero-order chi connectivity index (χ0) is 13.1. The Balaban J connectivity index is 2.30. The molecule has 2 rings (SSSR count). The molecule has 0 amide bonds. The Morgan fingerprint density at radius 3 is 2.22 bits per heavy atom. The van der Waals surface area contributed by atoms with Crippen LogP contribution in [0.25, 0.3) is 0 Å². The molecule has 0 aliphatic rings. The lowest BCUT2D eigenvalue weighted by atomic mass is 10.3. The molecule has 1 aromatic carbocycles. The molecule has 1 heterocycles. The van der Waals surface area contributed by atoms with Gasteiger partial charge in [0, 0.05) is 21.8 Å². The van der Waals surface area contributed by atoms with Gasteiger partial charge in [0.15, 0.2) is 0 Å². The van der Waals surface area contributed by atoms with Gasteiger partial charge in [0.05, 0.1) is 0 Å². The van der Waals surface area contributed by atoms with Crippen LogP contribution in [0.1, 0.15) is 5.82 Å².